The smallest absolute Gasteiger partial charge is 0.239 e. The van der Waals surface area contributed by atoms with E-state index in [2.05, 4.69) is 11.4 Å². The number of carbonyl (C=O) groups excluding carboxylic acids is 1. The first kappa shape index (κ1) is 14.0. The molecule has 0 bridgehead atoms. The van der Waals surface area contributed by atoms with E-state index in [1.165, 1.54) is 0 Å². The van der Waals surface area contributed by atoms with Crippen LogP contribution in [0.3, 0.4) is 0 Å². The second-order valence-corrected chi connectivity index (χ2v) is 4.40. The van der Waals surface area contributed by atoms with Crippen LogP contribution in [0, 0.1) is 11.3 Å². The first-order valence-electron chi connectivity index (χ1n) is 6.11. The van der Waals surface area contributed by atoms with Gasteiger partial charge in [0.2, 0.25) is 5.91 Å². The van der Waals surface area contributed by atoms with E-state index in [-0.39, 0.29) is 11.9 Å². The van der Waals surface area contributed by atoms with Gasteiger partial charge in [-0.3, -0.25) is 4.79 Å². The number of carbonyl (C=O) groups is 1. The Bertz CT molecular complexity index is 431. The molecule has 0 spiro atoms. The van der Waals surface area contributed by atoms with Crippen LogP contribution >= 0.6 is 0 Å². The number of hydrogen-bond donors (Lipinski definition) is 1. The van der Waals surface area contributed by atoms with Crippen LogP contribution in [0.15, 0.2) is 24.3 Å². The number of rotatable bonds is 5. The van der Waals surface area contributed by atoms with E-state index < -0.39 is 0 Å². The van der Waals surface area contributed by atoms with Crippen LogP contribution < -0.4 is 10.2 Å². The molecule has 4 heteroatoms. The van der Waals surface area contributed by atoms with Gasteiger partial charge >= 0.3 is 0 Å². The van der Waals surface area contributed by atoms with Gasteiger partial charge in [-0.05, 0) is 45.0 Å². The molecular weight excluding hydrogens is 226 g/mol. The van der Waals surface area contributed by atoms with Gasteiger partial charge in [0, 0.05) is 18.3 Å². The van der Waals surface area contributed by atoms with E-state index in [4.69, 9.17) is 5.26 Å². The first-order chi connectivity index (χ1) is 8.56. The summed E-state index contributed by atoms with van der Waals surface area (Å²) in [6.07, 6.45) is 0. The summed E-state index contributed by atoms with van der Waals surface area (Å²) in [7, 11) is 0. The maximum absolute atomic E-state index is 11.7. The van der Waals surface area contributed by atoms with Crippen LogP contribution in [0.2, 0.25) is 0 Å². The molecule has 0 saturated heterocycles. The van der Waals surface area contributed by atoms with Gasteiger partial charge in [-0.1, -0.05) is 0 Å². The highest BCUT2D eigenvalue weighted by molar-refractivity contribution is 5.81. The quantitative estimate of drug-likeness (QED) is 0.862. The molecule has 0 fully saturated rings. The minimum atomic E-state index is 0.0104. The van der Waals surface area contributed by atoms with E-state index in [1.54, 1.807) is 12.1 Å². The summed E-state index contributed by atoms with van der Waals surface area (Å²) in [5.41, 5.74) is 1.58. The van der Waals surface area contributed by atoms with E-state index >= 15 is 0 Å². The number of benzene rings is 1. The van der Waals surface area contributed by atoms with Crippen molar-refractivity contribution >= 4 is 11.6 Å². The Hall–Kier alpha value is -2.02. The highest BCUT2D eigenvalue weighted by Gasteiger charge is 2.10. The van der Waals surface area contributed by atoms with Crippen LogP contribution in [-0.4, -0.2) is 25.0 Å². The van der Waals surface area contributed by atoms with E-state index in [0.29, 0.717) is 12.1 Å². The molecule has 0 saturated carbocycles. The Kier molecular flexibility index (Phi) is 5.19. The van der Waals surface area contributed by atoms with Crippen molar-refractivity contribution in [1.82, 2.24) is 5.32 Å². The Balaban J connectivity index is 2.71. The van der Waals surface area contributed by atoms with Gasteiger partial charge in [-0.15, -0.1) is 0 Å². The van der Waals surface area contributed by atoms with E-state index in [0.717, 1.165) is 12.2 Å². The lowest BCUT2D eigenvalue weighted by Gasteiger charge is -2.23. The number of nitriles is 1. The number of nitrogens with zero attached hydrogens (tertiary/aromatic N) is 2. The van der Waals surface area contributed by atoms with Gasteiger partial charge in [-0.25, -0.2) is 0 Å². The summed E-state index contributed by atoms with van der Waals surface area (Å²) in [5.74, 6) is 0.0104. The predicted octanol–water partition coefficient (Wildman–Crippen LogP) is 1.91. The zero-order valence-electron chi connectivity index (χ0n) is 11.1. The summed E-state index contributed by atoms with van der Waals surface area (Å²) in [6.45, 7) is 6.96. The van der Waals surface area contributed by atoms with Crippen molar-refractivity contribution in [1.29, 1.82) is 5.26 Å². The Morgan fingerprint density at radius 2 is 2.00 bits per heavy atom. The summed E-state index contributed by atoms with van der Waals surface area (Å²) in [5, 5.41) is 11.6. The Morgan fingerprint density at radius 3 is 2.44 bits per heavy atom. The van der Waals surface area contributed by atoms with Crippen molar-refractivity contribution in [3.8, 4) is 6.07 Å². The highest BCUT2D eigenvalue weighted by Crippen LogP contribution is 2.14. The SMILES string of the molecule is CCN(CC(=O)NC(C)C)c1ccc(C#N)cc1. The van der Waals surface area contributed by atoms with Gasteiger partial charge in [-0.2, -0.15) is 5.26 Å². The minimum Gasteiger partial charge on any atom is -0.363 e. The van der Waals surface area contributed by atoms with E-state index in [9.17, 15) is 4.79 Å². The van der Waals surface area contributed by atoms with Crippen molar-refractivity contribution in [2.75, 3.05) is 18.0 Å². The highest BCUT2D eigenvalue weighted by atomic mass is 16.2. The molecule has 1 aromatic carbocycles. The first-order valence-corrected chi connectivity index (χ1v) is 6.11. The number of hydrogen-bond acceptors (Lipinski definition) is 3. The fourth-order valence-electron chi connectivity index (χ4n) is 1.67. The maximum Gasteiger partial charge on any atom is 0.239 e. The molecule has 0 radical (unpaired) electrons. The van der Waals surface area contributed by atoms with Crippen molar-refractivity contribution in [3.05, 3.63) is 29.8 Å². The zero-order valence-corrected chi connectivity index (χ0v) is 11.1. The van der Waals surface area contributed by atoms with Crippen molar-refractivity contribution in [2.24, 2.45) is 0 Å². The molecule has 1 amide bonds. The van der Waals surface area contributed by atoms with Crippen molar-refractivity contribution < 1.29 is 4.79 Å². The van der Waals surface area contributed by atoms with Crippen LogP contribution in [0.25, 0.3) is 0 Å². The van der Waals surface area contributed by atoms with Gasteiger partial charge < -0.3 is 10.2 Å². The third-order valence-corrected chi connectivity index (χ3v) is 2.53. The topological polar surface area (TPSA) is 56.1 Å². The van der Waals surface area contributed by atoms with Gasteiger partial charge in [0.05, 0.1) is 18.2 Å². The standard InChI is InChI=1S/C14H19N3O/c1-4-17(10-14(18)16-11(2)3)13-7-5-12(9-15)6-8-13/h5-8,11H,4,10H2,1-3H3,(H,16,18). The molecule has 4 nitrogen and oxygen atoms in total. The van der Waals surface area contributed by atoms with Crippen LogP contribution in [0.5, 0.6) is 0 Å². The number of amides is 1. The lowest BCUT2D eigenvalue weighted by Crippen LogP contribution is -2.40. The molecule has 0 aliphatic carbocycles. The monoisotopic (exact) mass is 245 g/mol. The summed E-state index contributed by atoms with van der Waals surface area (Å²) >= 11 is 0. The molecule has 0 aromatic heterocycles. The fraction of sp³-hybridized carbons (Fsp3) is 0.429. The summed E-state index contributed by atoms with van der Waals surface area (Å²) in [4.78, 5) is 13.7. The van der Waals surface area contributed by atoms with Gasteiger partial charge in [0.25, 0.3) is 0 Å². The average Bonchev–Trinajstić information content (AvgIpc) is 2.35. The molecule has 0 unspecified atom stereocenters. The molecule has 1 aromatic rings. The average molecular weight is 245 g/mol. The normalized spacial score (nSPS) is 9.94. The molecule has 1 N–H and O–H groups in total. The number of nitrogens with one attached hydrogen (secondary N) is 1. The maximum atomic E-state index is 11.7. The third kappa shape index (κ3) is 4.10. The minimum absolute atomic E-state index is 0.0104. The largest absolute Gasteiger partial charge is 0.363 e. The molecule has 96 valence electrons. The third-order valence-electron chi connectivity index (χ3n) is 2.53. The summed E-state index contributed by atoms with van der Waals surface area (Å²) in [6, 6.07) is 9.49. The molecule has 0 atom stereocenters. The van der Waals surface area contributed by atoms with Crippen molar-refractivity contribution in [2.45, 2.75) is 26.8 Å². The zero-order chi connectivity index (χ0) is 13.5. The van der Waals surface area contributed by atoms with Crippen LogP contribution in [0.1, 0.15) is 26.3 Å². The number of anilines is 1. The molecule has 0 aliphatic rings. The Labute approximate surface area is 108 Å². The predicted molar refractivity (Wildman–Crippen MR) is 72.3 cm³/mol. The molecule has 18 heavy (non-hydrogen) atoms. The van der Waals surface area contributed by atoms with Crippen molar-refractivity contribution in [3.63, 3.8) is 0 Å². The summed E-state index contributed by atoms with van der Waals surface area (Å²) < 4.78 is 0. The lowest BCUT2D eigenvalue weighted by molar-refractivity contribution is -0.120. The molecular formula is C14H19N3O. The lowest BCUT2D eigenvalue weighted by atomic mass is 10.2. The van der Waals surface area contributed by atoms with Gasteiger partial charge in [0.15, 0.2) is 0 Å². The molecule has 1 rings (SSSR count). The Morgan fingerprint density at radius 1 is 1.39 bits per heavy atom. The molecule has 0 aliphatic heterocycles. The second-order valence-electron chi connectivity index (χ2n) is 4.40. The van der Waals surface area contributed by atoms with Crippen LogP contribution in [-0.2, 0) is 4.79 Å². The van der Waals surface area contributed by atoms with Crippen LogP contribution in [0.4, 0.5) is 5.69 Å². The second kappa shape index (κ2) is 6.65. The molecule has 0 heterocycles. The fourth-order valence-corrected chi connectivity index (χ4v) is 1.67. The van der Waals surface area contributed by atoms with E-state index in [1.807, 2.05) is 37.8 Å². The number of likely N-dealkylation sites (N-methyl/N-ethyl adjacent to an activating group) is 1. The van der Waals surface area contributed by atoms with Gasteiger partial charge in [0.1, 0.15) is 0 Å².